The van der Waals surface area contributed by atoms with E-state index < -0.39 is 0 Å². The van der Waals surface area contributed by atoms with Crippen molar-refractivity contribution in [3.63, 3.8) is 0 Å². The Hall–Kier alpha value is -6.33. The van der Waals surface area contributed by atoms with Crippen LogP contribution < -0.4 is 14.5 Å². The first kappa shape index (κ1) is 34.4. The van der Waals surface area contributed by atoms with Crippen LogP contribution in [0.4, 0.5) is 22.7 Å². The minimum atomic E-state index is -0.0316. The normalized spacial score (nSPS) is 13.1. The molecule has 0 fully saturated rings. The first-order valence-electron chi connectivity index (χ1n) is 19.1. The van der Waals surface area contributed by atoms with Crippen LogP contribution in [0.1, 0.15) is 52.7 Å². The molecule has 6 aromatic carbocycles. The summed E-state index contributed by atoms with van der Waals surface area (Å²) >= 11 is 0. The number of rotatable bonds is 6. The minimum Gasteiger partial charge on any atom is -0.457 e. The van der Waals surface area contributed by atoms with E-state index in [4.69, 9.17) is 9.72 Å². The van der Waals surface area contributed by atoms with Gasteiger partial charge in [-0.3, -0.25) is 4.57 Å². The van der Waals surface area contributed by atoms with Crippen molar-refractivity contribution in [1.82, 2.24) is 9.55 Å². The Labute approximate surface area is 324 Å². The van der Waals surface area contributed by atoms with E-state index in [1.54, 1.807) is 0 Å². The lowest BCUT2D eigenvalue weighted by Gasteiger charge is -2.27. The van der Waals surface area contributed by atoms with Crippen LogP contribution >= 0.6 is 0 Å². The quantitative estimate of drug-likeness (QED) is 0.171. The van der Waals surface area contributed by atoms with Gasteiger partial charge in [0.25, 0.3) is 0 Å². The van der Waals surface area contributed by atoms with Crippen LogP contribution in [0.15, 0.2) is 158 Å². The molecule has 3 heterocycles. The fraction of sp³-hybridized carbons (Fsp3) is 0.180. The molecule has 0 N–H and O–H groups in total. The Morgan fingerprint density at radius 1 is 0.527 bits per heavy atom. The van der Waals surface area contributed by atoms with E-state index in [0.717, 1.165) is 34.0 Å². The summed E-state index contributed by atoms with van der Waals surface area (Å²) in [5.74, 6) is 2.46. The van der Waals surface area contributed by atoms with Crippen LogP contribution in [0.2, 0.25) is 0 Å². The van der Waals surface area contributed by atoms with Gasteiger partial charge in [0.05, 0.1) is 22.4 Å². The zero-order chi connectivity index (χ0) is 37.9. The van der Waals surface area contributed by atoms with Gasteiger partial charge in [-0.25, -0.2) is 4.98 Å². The molecule has 8 aromatic rings. The lowest BCUT2D eigenvalue weighted by molar-refractivity contribution is 0.483. The number of pyridine rings is 1. The molecule has 2 aromatic heterocycles. The second-order valence-corrected chi connectivity index (χ2v) is 16.6. The highest BCUT2D eigenvalue weighted by Crippen LogP contribution is 2.46. The predicted octanol–water partition coefficient (Wildman–Crippen LogP) is 13.5. The topological polar surface area (TPSA) is 33.5 Å². The third-order valence-corrected chi connectivity index (χ3v) is 10.8. The van der Waals surface area contributed by atoms with Crippen molar-refractivity contribution in [2.24, 2.45) is 0 Å². The molecule has 272 valence electrons. The number of hydrogen-bond acceptors (Lipinski definition) is 4. The van der Waals surface area contributed by atoms with Crippen LogP contribution in [-0.4, -0.2) is 16.2 Å². The van der Waals surface area contributed by atoms with Crippen LogP contribution in [0.3, 0.4) is 0 Å². The van der Waals surface area contributed by atoms with Crippen molar-refractivity contribution in [1.29, 1.82) is 0 Å². The van der Waals surface area contributed by atoms with E-state index in [-0.39, 0.29) is 10.8 Å². The van der Waals surface area contributed by atoms with Gasteiger partial charge in [0.15, 0.2) is 0 Å². The van der Waals surface area contributed by atoms with Crippen molar-refractivity contribution in [3.05, 3.63) is 169 Å². The van der Waals surface area contributed by atoms with E-state index in [1.807, 2.05) is 12.3 Å². The van der Waals surface area contributed by atoms with Crippen LogP contribution in [-0.2, 0) is 10.8 Å². The van der Waals surface area contributed by atoms with Gasteiger partial charge < -0.3 is 14.5 Å². The van der Waals surface area contributed by atoms with Crippen molar-refractivity contribution in [2.75, 3.05) is 16.5 Å². The van der Waals surface area contributed by atoms with Gasteiger partial charge in [-0.2, -0.15) is 0 Å². The maximum atomic E-state index is 6.69. The smallest absolute Gasteiger partial charge is 0.137 e. The summed E-state index contributed by atoms with van der Waals surface area (Å²) in [5.41, 5.74) is 11.9. The highest BCUT2D eigenvalue weighted by Gasteiger charge is 2.30. The Morgan fingerprint density at radius 3 is 1.95 bits per heavy atom. The zero-order valence-electron chi connectivity index (χ0n) is 32.4. The molecule has 5 heteroatoms. The summed E-state index contributed by atoms with van der Waals surface area (Å²) in [7, 11) is 0. The SMILES string of the molecule is CC(C)(C)c1ccnc(-n2c3ccccc3c3ccc(Oc4cccc(N5CN(c6ccc(-c7ccccc7)c(C(C)(C)C)c6)c6ccccc65)c4)cc32)c1. The molecule has 0 saturated carbocycles. The molecule has 55 heavy (non-hydrogen) atoms. The maximum absolute atomic E-state index is 6.69. The van der Waals surface area contributed by atoms with Gasteiger partial charge in [-0.05, 0) is 99.8 Å². The van der Waals surface area contributed by atoms with E-state index in [2.05, 4.69) is 202 Å². The summed E-state index contributed by atoms with van der Waals surface area (Å²) < 4.78 is 8.95. The molecule has 0 bridgehead atoms. The van der Waals surface area contributed by atoms with Crippen LogP contribution in [0.5, 0.6) is 11.5 Å². The minimum absolute atomic E-state index is 0.00495. The van der Waals surface area contributed by atoms with Gasteiger partial charge >= 0.3 is 0 Å². The maximum Gasteiger partial charge on any atom is 0.137 e. The molecule has 0 aliphatic carbocycles. The van der Waals surface area contributed by atoms with Crippen molar-refractivity contribution in [2.45, 2.75) is 52.4 Å². The highest BCUT2D eigenvalue weighted by molar-refractivity contribution is 6.09. The second-order valence-electron chi connectivity index (χ2n) is 16.6. The molecule has 0 saturated heterocycles. The molecule has 5 nitrogen and oxygen atoms in total. The van der Waals surface area contributed by atoms with E-state index >= 15 is 0 Å². The third kappa shape index (κ3) is 6.30. The van der Waals surface area contributed by atoms with Gasteiger partial charge in [0.1, 0.15) is 24.0 Å². The van der Waals surface area contributed by atoms with Gasteiger partial charge in [0.2, 0.25) is 0 Å². The number of fused-ring (bicyclic) bond motifs is 4. The molecule has 0 radical (unpaired) electrons. The summed E-state index contributed by atoms with van der Waals surface area (Å²) in [6.07, 6.45) is 1.92. The monoisotopic (exact) mass is 718 g/mol. The van der Waals surface area contributed by atoms with Crippen molar-refractivity contribution in [3.8, 4) is 28.4 Å². The van der Waals surface area contributed by atoms with E-state index in [0.29, 0.717) is 6.67 Å². The molecular formula is C50H46N4O. The summed E-state index contributed by atoms with van der Waals surface area (Å²) in [6.45, 7) is 14.3. The first-order chi connectivity index (χ1) is 26.5. The first-order valence-corrected chi connectivity index (χ1v) is 19.1. The summed E-state index contributed by atoms with van der Waals surface area (Å²) in [5, 5.41) is 2.36. The van der Waals surface area contributed by atoms with Crippen LogP contribution in [0.25, 0.3) is 38.8 Å². The molecule has 1 aliphatic heterocycles. The molecule has 0 unspecified atom stereocenters. The van der Waals surface area contributed by atoms with Crippen LogP contribution in [0, 0.1) is 0 Å². The lowest BCUT2D eigenvalue weighted by atomic mass is 9.81. The molecular weight excluding hydrogens is 673 g/mol. The number of benzene rings is 6. The molecule has 9 rings (SSSR count). The lowest BCUT2D eigenvalue weighted by Crippen LogP contribution is -2.24. The molecule has 0 atom stereocenters. The zero-order valence-corrected chi connectivity index (χ0v) is 32.4. The third-order valence-electron chi connectivity index (χ3n) is 10.8. The number of anilines is 4. The van der Waals surface area contributed by atoms with Gasteiger partial charge in [-0.1, -0.05) is 114 Å². The van der Waals surface area contributed by atoms with Crippen molar-refractivity contribution >= 4 is 44.6 Å². The number of hydrogen-bond donors (Lipinski definition) is 0. The fourth-order valence-corrected chi connectivity index (χ4v) is 7.96. The predicted molar refractivity (Wildman–Crippen MR) is 230 cm³/mol. The summed E-state index contributed by atoms with van der Waals surface area (Å²) in [6, 6.07) is 54.0. The van der Waals surface area contributed by atoms with E-state index in [9.17, 15) is 0 Å². The standard InChI is InChI=1S/C50H46N4O/c1-49(2,3)35-27-28-51-48(29-35)54-44-20-11-10-19-41(44)42-26-24-39(32-47(42)54)55-38-18-14-17-36(30-38)52-33-53(46-22-13-12-21-45(46)52)37-23-25-40(34-15-8-7-9-16-34)43(31-37)50(4,5)6/h7-32H,33H2,1-6H3. The largest absolute Gasteiger partial charge is 0.457 e. The Balaban J connectivity index is 1.06. The average Bonchev–Trinajstić information content (AvgIpc) is 3.74. The average molecular weight is 719 g/mol. The second kappa shape index (κ2) is 13.2. The highest BCUT2D eigenvalue weighted by atomic mass is 16.5. The number of ether oxygens (including phenoxy) is 1. The molecule has 0 spiro atoms. The number of nitrogens with zero attached hydrogens (tertiary/aromatic N) is 4. The Bertz CT molecular complexity index is 2700. The fourth-order valence-electron chi connectivity index (χ4n) is 7.96. The van der Waals surface area contributed by atoms with Gasteiger partial charge in [0, 0.05) is 40.5 Å². The van der Waals surface area contributed by atoms with Gasteiger partial charge in [-0.15, -0.1) is 0 Å². The Morgan fingerprint density at radius 2 is 1.20 bits per heavy atom. The molecule has 1 aliphatic rings. The molecule has 0 amide bonds. The van der Waals surface area contributed by atoms with Crippen molar-refractivity contribution < 1.29 is 4.74 Å². The number of aromatic nitrogens is 2. The van der Waals surface area contributed by atoms with E-state index in [1.165, 1.54) is 50.1 Å². The number of para-hydroxylation sites is 3. The Kier molecular flexibility index (Phi) is 8.27. The summed E-state index contributed by atoms with van der Waals surface area (Å²) in [4.78, 5) is 9.65.